The van der Waals surface area contributed by atoms with Crippen LogP contribution in [0.15, 0.2) is 36.4 Å². The standard InChI is InChI=1S/C17H20FNO2/c1-11-5-7-15(17(9-11)21-4)19-12(2)13-6-8-16(20-3)14(18)10-13/h5-10,12,19H,1-4H3. The zero-order valence-corrected chi connectivity index (χ0v) is 12.7. The molecule has 2 aromatic carbocycles. The van der Waals surface area contributed by atoms with Gasteiger partial charge < -0.3 is 14.8 Å². The predicted octanol–water partition coefficient (Wildman–Crippen LogP) is 4.32. The minimum atomic E-state index is -0.362. The second-order valence-electron chi connectivity index (χ2n) is 4.96. The lowest BCUT2D eigenvalue weighted by Gasteiger charge is -2.18. The van der Waals surface area contributed by atoms with E-state index in [-0.39, 0.29) is 17.6 Å². The van der Waals surface area contributed by atoms with Crippen LogP contribution >= 0.6 is 0 Å². The summed E-state index contributed by atoms with van der Waals surface area (Å²) in [4.78, 5) is 0. The van der Waals surface area contributed by atoms with Gasteiger partial charge in [0.25, 0.3) is 0 Å². The van der Waals surface area contributed by atoms with E-state index in [2.05, 4.69) is 5.32 Å². The van der Waals surface area contributed by atoms with E-state index in [1.807, 2.05) is 38.1 Å². The van der Waals surface area contributed by atoms with Crippen molar-refractivity contribution in [2.24, 2.45) is 0 Å². The third-order valence-electron chi connectivity index (χ3n) is 3.40. The molecule has 0 fully saturated rings. The van der Waals surface area contributed by atoms with Crippen molar-refractivity contribution in [2.75, 3.05) is 19.5 Å². The van der Waals surface area contributed by atoms with Gasteiger partial charge in [0.1, 0.15) is 5.75 Å². The van der Waals surface area contributed by atoms with Gasteiger partial charge in [-0.25, -0.2) is 4.39 Å². The molecule has 1 unspecified atom stereocenters. The van der Waals surface area contributed by atoms with Gasteiger partial charge in [-0.15, -0.1) is 0 Å². The molecule has 0 aromatic heterocycles. The van der Waals surface area contributed by atoms with Crippen molar-refractivity contribution in [1.82, 2.24) is 0 Å². The Labute approximate surface area is 124 Å². The minimum absolute atomic E-state index is 0.0537. The maximum atomic E-state index is 13.8. The molecule has 0 saturated heterocycles. The topological polar surface area (TPSA) is 30.5 Å². The summed E-state index contributed by atoms with van der Waals surface area (Å²) < 4.78 is 24.1. The molecule has 4 heteroatoms. The Kier molecular flexibility index (Phi) is 4.68. The van der Waals surface area contributed by atoms with Crippen LogP contribution < -0.4 is 14.8 Å². The van der Waals surface area contributed by atoms with Gasteiger partial charge >= 0.3 is 0 Å². The zero-order chi connectivity index (χ0) is 15.4. The maximum absolute atomic E-state index is 13.8. The summed E-state index contributed by atoms with van der Waals surface area (Å²) in [5.41, 5.74) is 2.85. The molecule has 0 heterocycles. The van der Waals surface area contributed by atoms with E-state index in [9.17, 15) is 4.39 Å². The number of rotatable bonds is 5. The van der Waals surface area contributed by atoms with Crippen LogP contribution in [0.25, 0.3) is 0 Å². The van der Waals surface area contributed by atoms with Crippen molar-refractivity contribution in [3.8, 4) is 11.5 Å². The smallest absolute Gasteiger partial charge is 0.165 e. The van der Waals surface area contributed by atoms with Crippen LogP contribution in [0.3, 0.4) is 0 Å². The highest BCUT2D eigenvalue weighted by Gasteiger charge is 2.11. The van der Waals surface area contributed by atoms with Crippen molar-refractivity contribution >= 4 is 5.69 Å². The average molecular weight is 289 g/mol. The van der Waals surface area contributed by atoms with E-state index in [0.717, 1.165) is 22.6 Å². The van der Waals surface area contributed by atoms with E-state index in [1.54, 1.807) is 13.2 Å². The molecule has 1 N–H and O–H groups in total. The molecule has 0 aliphatic rings. The van der Waals surface area contributed by atoms with Gasteiger partial charge in [-0.1, -0.05) is 12.1 Å². The normalized spacial score (nSPS) is 11.9. The monoisotopic (exact) mass is 289 g/mol. The quantitative estimate of drug-likeness (QED) is 0.889. The molecular weight excluding hydrogens is 269 g/mol. The number of methoxy groups -OCH3 is 2. The first kappa shape index (κ1) is 15.2. The first-order valence-corrected chi connectivity index (χ1v) is 6.79. The van der Waals surface area contributed by atoms with Crippen molar-refractivity contribution in [3.05, 3.63) is 53.3 Å². The van der Waals surface area contributed by atoms with E-state index in [1.165, 1.54) is 13.2 Å². The lowest BCUT2D eigenvalue weighted by Crippen LogP contribution is -2.08. The summed E-state index contributed by atoms with van der Waals surface area (Å²) in [5.74, 6) is 0.661. The largest absolute Gasteiger partial charge is 0.495 e. The maximum Gasteiger partial charge on any atom is 0.165 e. The first-order valence-electron chi connectivity index (χ1n) is 6.79. The summed E-state index contributed by atoms with van der Waals surface area (Å²) >= 11 is 0. The molecule has 0 aliphatic heterocycles. The van der Waals surface area contributed by atoms with E-state index in [0.29, 0.717) is 0 Å². The zero-order valence-electron chi connectivity index (χ0n) is 12.7. The Morgan fingerprint density at radius 1 is 1.00 bits per heavy atom. The number of hydrogen-bond donors (Lipinski definition) is 1. The van der Waals surface area contributed by atoms with Gasteiger partial charge in [0.05, 0.1) is 19.9 Å². The van der Waals surface area contributed by atoms with E-state index >= 15 is 0 Å². The highest BCUT2D eigenvalue weighted by atomic mass is 19.1. The van der Waals surface area contributed by atoms with Gasteiger partial charge in [-0.05, 0) is 49.2 Å². The number of halogens is 1. The number of hydrogen-bond acceptors (Lipinski definition) is 3. The molecular formula is C17H20FNO2. The number of aryl methyl sites for hydroxylation is 1. The molecule has 21 heavy (non-hydrogen) atoms. The fourth-order valence-electron chi connectivity index (χ4n) is 2.19. The Hall–Kier alpha value is -2.23. The SMILES string of the molecule is COc1ccc(C(C)Nc2ccc(C)cc2OC)cc1F. The molecule has 2 rings (SSSR count). The molecule has 0 aliphatic carbocycles. The summed E-state index contributed by atoms with van der Waals surface area (Å²) in [7, 11) is 3.09. The number of benzene rings is 2. The Balaban J connectivity index is 2.21. The Bertz CT molecular complexity index is 628. The van der Waals surface area contributed by atoms with Crippen LogP contribution in [0.1, 0.15) is 24.1 Å². The summed E-state index contributed by atoms with van der Waals surface area (Å²) in [6.45, 7) is 3.98. The second kappa shape index (κ2) is 6.48. The molecule has 112 valence electrons. The number of ether oxygens (including phenoxy) is 2. The van der Waals surface area contributed by atoms with Crippen LogP contribution in [0.4, 0.5) is 10.1 Å². The number of anilines is 1. The van der Waals surface area contributed by atoms with Crippen LogP contribution in [0.5, 0.6) is 11.5 Å². The Morgan fingerprint density at radius 2 is 1.71 bits per heavy atom. The van der Waals surface area contributed by atoms with Gasteiger partial charge in [-0.2, -0.15) is 0 Å². The van der Waals surface area contributed by atoms with Crippen molar-refractivity contribution < 1.29 is 13.9 Å². The van der Waals surface area contributed by atoms with Gasteiger partial charge in [0, 0.05) is 6.04 Å². The molecule has 0 bridgehead atoms. The molecule has 0 amide bonds. The lowest BCUT2D eigenvalue weighted by molar-refractivity contribution is 0.386. The third-order valence-corrected chi connectivity index (χ3v) is 3.40. The minimum Gasteiger partial charge on any atom is -0.495 e. The number of nitrogens with one attached hydrogen (secondary N) is 1. The van der Waals surface area contributed by atoms with E-state index in [4.69, 9.17) is 9.47 Å². The molecule has 1 atom stereocenters. The fraction of sp³-hybridized carbons (Fsp3) is 0.294. The lowest BCUT2D eigenvalue weighted by atomic mass is 10.1. The van der Waals surface area contributed by atoms with Crippen molar-refractivity contribution in [3.63, 3.8) is 0 Å². The first-order chi connectivity index (χ1) is 10.0. The highest BCUT2D eigenvalue weighted by Crippen LogP contribution is 2.30. The van der Waals surface area contributed by atoms with Crippen LogP contribution in [-0.4, -0.2) is 14.2 Å². The highest BCUT2D eigenvalue weighted by molar-refractivity contribution is 5.58. The molecule has 3 nitrogen and oxygen atoms in total. The fourth-order valence-corrected chi connectivity index (χ4v) is 2.19. The summed E-state index contributed by atoms with van der Waals surface area (Å²) in [6, 6.07) is 10.8. The predicted molar refractivity (Wildman–Crippen MR) is 82.7 cm³/mol. The van der Waals surface area contributed by atoms with Crippen molar-refractivity contribution in [2.45, 2.75) is 19.9 Å². The molecule has 0 spiro atoms. The van der Waals surface area contributed by atoms with Gasteiger partial charge in [-0.3, -0.25) is 0 Å². The van der Waals surface area contributed by atoms with Crippen LogP contribution in [-0.2, 0) is 0 Å². The van der Waals surface area contributed by atoms with Crippen LogP contribution in [0.2, 0.25) is 0 Å². The van der Waals surface area contributed by atoms with Gasteiger partial charge in [0.2, 0.25) is 0 Å². The average Bonchev–Trinajstić information content (AvgIpc) is 2.48. The Morgan fingerprint density at radius 3 is 2.33 bits per heavy atom. The summed E-state index contributed by atoms with van der Waals surface area (Å²) in [5, 5.41) is 3.34. The van der Waals surface area contributed by atoms with Gasteiger partial charge in [0.15, 0.2) is 11.6 Å². The summed E-state index contributed by atoms with van der Waals surface area (Å²) in [6.07, 6.45) is 0. The molecule has 0 saturated carbocycles. The van der Waals surface area contributed by atoms with Crippen LogP contribution in [0, 0.1) is 12.7 Å². The molecule has 2 aromatic rings. The molecule has 0 radical (unpaired) electrons. The van der Waals surface area contributed by atoms with Crippen molar-refractivity contribution in [1.29, 1.82) is 0 Å². The third kappa shape index (κ3) is 3.45. The van der Waals surface area contributed by atoms with E-state index < -0.39 is 0 Å². The second-order valence-corrected chi connectivity index (χ2v) is 4.96.